The number of methoxy groups -OCH3 is 1. The molecule has 3 aromatic carbocycles. The Bertz CT molecular complexity index is 1600. The maximum Gasteiger partial charge on any atom is 0.167 e. The molecule has 0 spiro atoms. The summed E-state index contributed by atoms with van der Waals surface area (Å²) in [6.45, 7) is 1.63. The molecule has 0 aliphatic carbocycles. The smallest absolute Gasteiger partial charge is 0.167 e. The number of anilines is 1. The first-order chi connectivity index (χ1) is 21.2. The topological polar surface area (TPSA) is 103 Å². The molecule has 1 aliphatic rings. The summed E-state index contributed by atoms with van der Waals surface area (Å²) in [5, 5.41) is 3.61. The van der Waals surface area contributed by atoms with E-state index in [0.717, 1.165) is 23.4 Å². The number of aromatic nitrogens is 4. The van der Waals surface area contributed by atoms with Gasteiger partial charge in [-0.3, -0.25) is 4.57 Å². The molecule has 9 nitrogen and oxygen atoms in total. The Labute approximate surface area is 254 Å². The maximum atomic E-state index is 12.7. The Morgan fingerprint density at radius 3 is 2.30 bits per heavy atom. The van der Waals surface area contributed by atoms with E-state index in [9.17, 15) is 4.21 Å². The van der Waals surface area contributed by atoms with Crippen LogP contribution in [0, 0.1) is 0 Å². The minimum atomic E-state index is -1.32. The van der Waals surface area contributed by atoms with Crippen molar-refractivity contribution < 1.29 is 13.7 Å². The van der Waals surface area contributed by atoms with Crippen molar-refractivity contribution in [2.45, 2.75) is 42.4 Å². The van der Waals surface area contributed by atoms with Crippen LogP contribution in [0.5, 0.6) is 0 Å². The van der Waals surface area contributed by atoms with Gasteiger partial charge in [0.2, 0.25) is 0 Å². The lowest BCUT2D eigenvalue weighted by Crippen LogP contribution is -2.22. The average molecular weight is 597 g/mol. The highest BCUT2D eigenvalue weighted by molar-refractivity contribution is 7.83. The normalized spacial score (nSPS) is 17.4. The molecular weight excluding hydrogens is 560 g/mol. The summed E-state index contributed by atoms with van der Waals surface area (Å²) in [5.41, 5.74) is 3.85. The second-order valence-corrected chi connectivity index (χ2v) is 11.8. The van der Waals surface area contributed by atoms with Crippen LogP contribution in [0.3, 0.4) is 0 Å². The largest absolute Gasteiger partial charge is 0.382 e. The molecule has 5 aromatic rings. The number of imidazole rings is 1. The molecule has 222 valence electrons. The third-order valence-corrected chi connectivity index (χ3v) is 8.80. The summed E-state index contributed by atoms with van der Waals surface area (Å²) in [4.78, 5) is 15.3. The van der Waals surface area contributed by atoms with Gasteiger partial charge in [-0.15, -0.1) is 0 Å². The van der Waals surface area contributed by atoms with E-state index < -0.39 is 11.0 Å². The van der Waals surface area contributed by atoms with Crippen LogP contribution in [-0.4, -0.2) is 56.6 Å². The molecule has 2 aromatic heterocycles. The van der Waals surface area contributed by atoms with Crippen molar-refractivity contribution in [3.8, 4) is 0 Å². The van der Waals surface area contributed by atoms with Gasteiger partial charge in [-0.2, -0.15) is 0 Å². The maximum absolute atomic E-state index is 12.7. The standard InChI is InChI=1S/C33H36N6O3S/c1-41-22-26-17-18-30(42-26)39-23-35-31-32(34-21-28(24-11-5-2-6-12-24)25-13-7-3-8-14-25)37-29(38-33(31)39)19-20-36-43(40)27-15-9-4-10-16-27/h2-16,23,26,28,30,36H,17-22H2,1H3,(H,34,37,38). The highest BCUT2D eigenvalue weighted by Crippen LogP contribution is 2.32. The molecule has 10 heteroatoms. The van der Waals surface area contributed by atoms with Gasteiger partial charge in [0.1, 0.15) is 23.0 Å². The first-order valence-electron chi connectivity index (χ1n) is 14.6. The fourth-order valence-electron chi connectivity index (χ4n) is 5.49. The van der Waals surface area contributed by atoms with E-state index in [2.05, 4.69) is 58.6 Å². The lowest BCUT2D eigenvalue weighted by atomic mass is 9.91. The number of benzene rings is 3. The van der Waals surface area contributed by atoms with Gasteiger partial charge in [-0.25, -0.2) is 23.9 Å². The van der Waals surface area contributed by atoms with E-state index in [1.807, 2.05) is 47.0 Å². The minimum absolute atomic E-state index is 0.0426. The molecule has 2 N–H and O–H groups in total. The number of nitrogens with zero attached hydrogens (tertiary/aromatic N) is 4. The monoisotopic (exact) mass is 596 g/mol. The fraction of sp³-hybridized carbons (Fsp3) is 0.303. The lowest BCUT2D eigenvalue weighted by molar-refractivity contribution is -0.0300. The van der Waals surface area contributed by atoms with Gasteiger partial charge in [-0.05, 0) is 36.1 Å². The molecule has 0 amide bonds. The summed E-state index contributed by atoms with van der Waals surface area (Å²) in [7, 11) is 0.375. The van der Waals surface area contributed by atoms with Gasteiger partial charge in [0.25, 0.3) is 0 Å². The number of hydrogen-bond acceptors (Lipinski definition) is 7. The third kappa shape index (κ3) is 7.00. The zero-order chi connectivity index (χ0) is 29.4. The summed E-state index contributed by atoms with van der Waals surface area (Å²) in [6.07, 6.45) is 3.91. The van der Waals surface area contributed by atoms with Crippen molar-refractivity contribution in [2.75, 3.05) is 32.1 Å². The van der Waals surface area contributed by atoms with Crippen molar-refractivity contribution >= 4 is 28.0 Å². The number of hydrogen-bond donors (Lipinski definition) is 2. The summed E-state index contributed by atoms with van der Waals surface area (Å²) in [6, 6.07) is 30.3. The second-order valence-electron chi connectivity index (χ2n) is 10.5. The molecule has 1 saturated heterocycles. The molecule has 3 atom stereocenters. The van der Waals surface area contributed by atoms with Gasteiger partial charge in [0.05, 0.1) is 23.9 Å². The lowest BCUT2D eigenvalue weighted by Gasteiger charge is -2.20. The summed E-state index contributed by atoms with van der Waals surface area (Å²) >= 11 is 0. The SMILES string of the molecule is COCC1CCC(n2cnc3c(NCC(c4ccccc4)c4ccccc4)nc(CCNS(=O)c4ccccc4)nc32)O1. The van der Waals surface area contributed by atoms with Crippen molar-refractivity contribution in [3.63, 3.8) is 0 Å². The zero-order valence-corrected chi connectivity index (χ0v) is 25.0. The van der Waals surface area contributed by atoms with E-state index in [1.54, 1.807) is 13.4 Å². The Balaban J connectivity index is 1.27. The molecule has 43 heavy (non-hydrogen) atoms. The summed E-state index contributed by atoms with van der Waals surface area (Å²) in [5.74, 6) is 1.42. The number of fused-ring (bicyclic) bond motifs is 1. The van der Waals surface area contributed by atoms with Crippen LogP contribution in [0.1, 0.15) is 41.9 Å². The predicted molar refractivity (Wildman–Crippen MR) is 168 cm³/mol. The molecule has 6 rings (SSSR count). The highest BCUT2D eigenvalue weighted by atomic mass is 32.2. The molecule has 3 unspecified atom stereocenters. The molecule has 0 radical (unpaired) electrons. The van der Waals surface area contributed by atoms with Crippen LogP contribution in [-0.2, 0) is 26.9 Å². The molecule has 0 bridgehead atoms. The number of rotatable bonds is 13. The Morgan fingerprint density at radius 2 is 1.63 bits per heavy atom. The molecular formula is C33H36N6O3S. The van der Waals surface area contributed by atoms with Crippen molar-refractivity contribution in [1.82, 2.24) is 24.2 Å². The average Bonchev–Trinajstić information content (AvgIpc) is 3.70. The van der Waals surface area contributed by atoms with Gasteiger partial charge >= 0.3 is 0 Å². The van der Waals surface area contributed by atoms with E-state index in [0.29, 0.717) is 43.3 Å². The minimum Gasteiger partial charge on any atom is -0.382 e. The van der Waals surface area contributed by atoms with Crippen LogP contribution in [0.4, 0.5) is 5.82 Å². The van der Waals surface area contributed by atoms with Crippen molar-refractivity contribution in [3.05, 3.63) is 114 Å². The first kappa shape index (κ1) is 29.1. The predicted octanol–water partition coefficient (Wildman–Crippen LogP) is 5.25. The van der Waals surface area contributed by atoms with Crippen molar-refractivity contribution in [2.24, 2.45) is 0 Å². The quantitative estimate of drug-likeness (QED) is 0.191. The van der Waals surface area contributed by atoms with Crippen LogP contribution >= 0.6 is 0 Å². The van der Waals surface area contributed by atoms with E-state index >= 15 is 0 Å². The molecule has 0 saturated carbocycles. The van der Waals surface area contributed by atoms with Gasteiger partial charge in [0.15, 0.2) is 17.0 Å². The Hall–Kier alpha value is -3.96. The first-order valence-corrected chi connectivity index (χ1v) is 15.8. The second kappa shape index (κ2) is 14.0. The summed E-state index contributed by atoms with van der Waals surface area (Å²) < 4.78 is 29.4. The molecule has 1 fully saturated rings. The fourth-order valence-corrected chi connectivity index (χ4v) is 6.35. The molecule has 3 heterocycles. The van der Waals surface area contributed by atoms with Gasteiger partial charge in [0, 0.05) is 32.5 Å². The Morgan fingerprint density at radius 1 is 0.953 bits per heavy atom. The number of nitrogens with one attached hydrogen (secondary N) is 2. The van der Waals surface area contributed by atoms with E-state index in [-0.39, 0.29) is 18.2 Å². The van der Waals surface area contributed by atoms with Crippen LogP contribution < -0.4 is 10.0 Å². The zero-order valence-electron chi connectivity index (χ0n) is 24.1. The van der Waals surface area contributed by atoms with Crippen LogP contribution in [0.25, 0.3) is 11.2 Å². The van der Waals surface area contributed by atoms with Gasteiger partial charge < -0.3 is 14.8 Å². The van der Waals surface area contributed by atoms with E-state index in [4.69, 9.17) is 24.4 Å². The highest BCUT2D eigenvalue weighted by Gasteiger charge is 2.29. The number of ether oxygens (including phenoxy) is 2. The third-order valence-electron chi connectivity index (χ3n) is 7.63. The van der Waals surface area contributed by atoms with E-state index in [1.165, 1.54) is 11.1 Å². The van der Waals surface area contributed by atoms with Crippen LogP contribution in [0.15, 0.2) is 102 Å². The van der Waals surface area contributed by atoms with Crippen LogP contribution in [0.2, 0.25) is 0 Å². The van der Waals surface area contributed by atoms with Crippen molar-refractivity contribution in [1.29, 1.82) is 0 Å². The Kier molecular flexibility index (Phi) is 9.49. The van der Waals surface area contributed by atoms with Gasteiger partial charge in [-0.1, -0.05) is 78.9 Å². The molecule has 1 aliphatic heterocycles.